The number of pyridine rings is 1. The number of aromatic nitrogens is 3. The summed E-state index contributed by atoms with van der Waals surface area (Å²) in [5.41, 5.74) is 2.10. The molecule has 3 heterocycles. The molecule has 1 unspecified atom stereocenters. The molecule has 4 rings (SSSR count). The van der Waals surface area contributed by atoms with Crippen molar-refractivity contribution < 1.29 is 9.59 Å². The number of rotatable bonds is 7. The number of benzene rings is 1. The number of nitrogens with one attached hydrogen (secondary N) is 1. The SMILES string of the molecule is O=C(NCc1ccc(-n2ccnc2)nc1)C1CC(=O)N(CCc2ccccc2)C1. The third-order valence-corrected chi connectivity index (χ3v) is 5.14. The Kier molecular flexibility index (Phi) is 5.65. The zero-order valence-electron chi connectivity index (χ0n) is 16.1. The minimum Gasteiger partial charge on any atom is -0.352 e. The van der Waals surface area contributed by atoms with Crippen molar-refractivity contribution in [1.82, 2.24) is 24.8 Å². The molecule has 3 aromatic rings. The van der Waals surface area contributed by atoms with Gasteiger partial charge < -0.3 is 10.2 Å². The Labute approximate surface area is 169 Å². The summed E-state index contributed by atoms with van der Waals surface area (Å²) in [7, 11) is 0. The summed E-state index contributed by atoms with van der Waals surface area (Å²) >= 11 is 0. The van der Waals surface area contributed by atoms with Gasteiger partial charge in [-0.3, -0.25) is 14.2 Å². The first-order valence-corrected chi connectivity index (χ1v) is 9.72. The van der Waals surface area contributed by atoms with Crippen LogP contribution in [0.5, 0.6) is 0 Å². The largest absolute Gasteiger partial charge is 0.352 e. The molecule has 7 heteroatoms. The van der Waals surface area contributed by atoms with Crippen LogP contribution >= 0.6 is 0 Å². The number of hydrogen-bond acceptors (Lipinski definition) is 4. The average molecular weight is 389 g/mol. The predicted molar refractivity (Wildman–Crippen MR) is 108 cm³/mol. The van der Waals surface area contributed by atoms with Crippen molar-refractivity contribution in [2.75, 3.05) is 13.1 Å². The third-order valence-electron chi connectivity index (χ3n) is 5.14. The van der Waals surface area contributed by atoms with Crippen molar-refractivity contribution in [2.24, 2.45) is 5.92 Å². The van der Waals surface area contributed by atoms with E-state index < -0.39 is 0 Å². The van der Waals surface area contributed by atoms with Crippen LogP contribution in [-0.2, 0) is 22.6 Å². The van der Waals surface area contributed by atoms with Gasteiger partial charge in [0.05, 0.1) is 5.92 Å². The van der Waals surface area contributed by atoms with E-state index in [2.05, 4.69) is 27.4 Å². The molecule has 2 amide bonds. The van der Waals surface area contributed by atoms with Gasteiger partial charge >= 0.3 is 0 Å². The van der Waals surface area contributed by atoms with Crippen molar-refractivity contribution in [3.8, 4) is 5.82 Å². The number of amides is 2. The zero-order chi connectivity index (χ0) is 20.1. The standard InChI is InChI=1S/C22H23N5O2/c28-21-12-19(15-26(21)10-8-17-4-2-1-3-5-17)22(29)25-14-18-6-7-20(24-13-18)27-11-9-23-16-27/h1-7,9,11,13,16,19H,8,10,12,14-15H2,(H,25,29). The molecule has 0 aliphatic carbocycles. The molecule has 7 nitrogen and oxygen atoms in total. The van der Waals surface area contributed by atoms with Crippen molar-refractivity contribution in [1.29, 1.82) is 0 Å². The van der Waals surface area contributed by atoms with Crippen LogP contribution in [0, 0.1) is 5.92 Å². The van der Waals surface area contributed by atoms with Crippen LogP contribution < -0.4 is 5.32 Å². The second kappa shape index (κ2) is 8.68. The van der Waals surface area contributed by atoms with Crippen molar-refractivity contribution in [3.05, 3.63) is 78.5 Å². The van der Waals surface area contributed by atoms with Crippen LogP contribution in [0.15, 0.2) is 67.4 Å². The lowest BCUT2D eigenvalue weighted by molar-refractivity contribution is -0.129. The molecule has 29 heavy (non-hydrogen) atoms. The van der Waals surface area contributed by atoms with Gasteiger partial charge in [0.25, 0.3) is 0 Å². The summed E-state index contributed by atoms with van der Waals surface area (Å²) in [5.74, 6) is 0.441. The zero-order valence-corrected chi connectivity index (χ0v) is 16.1. The number of imidazole rings is 1. The van der Waals surface area contributed by atoms with Crippen LogP contribution in [0.3, 0.4) is 0 Å². The summed E-state index contributed by atoms with van der Waals surface area (Å²) < 4.78 is 1.82. The van der Waals surface area contributed by atoms with E-state index in [9.17, 15) is 9.59 Å². The Balaban J connectivity index is 1.26. The number of likely N-dealkylation sites (tertiary alicyclic amines) is 1. The lowest BCUT2D eigenvalue weighted by Crippen LogP contribution is -2.33. The topological polar surface area (TPSA) is 80.1 Å². The van der Waals surface area contributed by atoms with E-state index >= 15 is 0 Å². The van der Waals surface area contributed by atoms with Gasteiger partial charge in [-0.05, 0) is 23.6 Å². The van der Waals surface area contributed by atoms with E-state index in [1.54, 1.807) is 23.6 Å². The molecule has 1 N–H and O–H groups in total. The maximum atomic E-state index is 12.5. The summed E-state index contributed by atoms with van der Waals surface area (Å²) in [4.78, 5) is 35.0. The average Bonchev–Trinajstić information content (AvgIpc) is 3.42. The maximum absolute atomic E-state index is 12.5. The summed E-state index contributed by atoms with van der Waals surface area (Å²) in [6.07, 6.45) is 8.02. The van der Waals surface area contributed by atoms with Gasteiger partial charge in [-0.2, -0.15) is 0 Å². The molecule has 0 bridgehead atoms. The molecule has 1 aliphatic rings. The predicted octanol–water partition coefficient (Wildman–Crippen LogP) is 1.97. The van der Waals surface area contributed by atoms with Gasteiger partial charge in [0.15, 0.2) is 0 Å². The maximum Gasteiger partial charge on any atom is 0.225 e. The monoisotopic (exact) mass is 389 g/mol. The summed E-state index contributed by atoms with van der Waals surface area (Å²) in [5, 5.41) is 2.93. The highest BCUT2D eigenvalue weighted by molar-refractivity contribution is 5.89. The lowest BCUT2D eigenvalue weighted by Gasteiger charge is -2.16. The molecule has 1 saturated heterocycles. The second-order valence-corrected chi connectivity index (χ2v) is 7.19. The van der Waals surface area contributed by atoms with Crippen molar-refractivity contribution >= 4 is 11.8 Å². The van der Waals surface area contributed by atoms with Gasteiger partial charge in [0.1, 0.15) is 12.1 Å². The third kappa shape index (κ3) is 4.68. The molecule has 148 valence electrons. The van der Waals surface area contributed by atoms with Crippen LogP contribution in [0.2, 0.25) is 0 Å². The number of carbonyl (C=O) groups excluding carboxylic acids is 2. The Morgan fingerprint density at radius 1 is 1.14 bits per heavy atom. The Bertz CT molecular complexity index is 955. The Morgan fingerprint density at radius 2 is 2.00 bits per heavy atom. The summed E-state index contributed by atoms with van der Waals surface area (Å²) in [6.45, 7) is 1.52. The fourth-order valence-electron chi connectivity index (χ4n) is 3.47. The molecule has 1 atom stereocenters. The fourth-order valence-corrected chi connectivity index (χ4v) is 3.47. The highest BCUT2D eigenvalue weighted by atomic mass is 16.2. The Hall–Kier alpha value is -3.48. The number of nitrogens with zero attached hydrogens (tertiary/aromatic N) is 4. The van der Waals surface area contributed by atoms with Gasteiger partial charge in [-0.25, -0.2) is 9.97 Å². The van der Waals surface area contributed by atoms with E-state index in [1.165, 1.54) is 5.56 Å². The van der Waals surface area contributed by atoms with Crippen LogP contribution in [0.4, 0.5) is 0 Å². The van der Waals surface area contributed by atoms with E-state index in [-0.39, 0.29) is 24.2 Å². The van der Waals surface area contributed by atoms with E-state index in [0.29, 0.717) is 19.6 Å². The van der Waals surface area contributed by atoms with Crippen molar-refractivity contribution in [3.63, 3.8) is 0 Å². The van der Waals surface area contributed by atoms with Gasteiger partial charge in [-0.15, -0.1) is 0 Å². The molecule has 1 aliphatic heterocycles. The second-order valence-electron chi connectivity index (χ2n) is 7.19. The van der Waals surface area contributed by atoms with Gasteiger partial charge in [0, 0.05) is 44.6 Å². The van der Waals surface area contributed by atoms with Gasteiger partial charge in [-0.1, -0.05) is 36.4 Å². The van der Waals surface area contributed by atoms with Crippen LogP contribution in [-0.4, -0.2) is 44.3 Å². The fraction of sp³-hybridized carbons (Fsp3) is 0.273. The van der Waals surface area contributed by atoms with Gasteiger partial charge in [0.2, 0.25) is 11.8 Å². The molecule has 0 saturated carbocycles. The minimum atomic E-state index is -0.295. The molecule has 0 radical (unpaired) electrons. The first-order chi connectivity index (χ1) is 14.2. The van der Waals surface area contributed by atoms with E-state index in [1.807, 2.05) is 41.1 Å². The molecule has 1 fully saturated rings. The molecular formula is C22H23N5O2. The van der Waals surface area contributed by atoms with Crippen LogP contribution in [0.25, 0.3) is 5.82 Å². The van der Waals surface area contributed by atoms with Crippen LogP contribution in [0.1, 0.15) is 17.5 Å². The molecule has 2 aromatic heterocycles. The summed E-state index contributed by atoms with van der Waals surface area (Å²) in [6, 6.07) is 13.9. The first-order valence-electron chi connectivity index (χ1n) is 9.72. The highest BCUT2D eigenvalue weighted by Crippen LogP contribution is 2.19. The Morgan fingerprint density at radius 3 is 2.72 bits per heavy atom. The molecule has 1 aromatic carbocycles. The van der Waals surface area contributed by atoms with Crippen molar-refractivity contribution in [2.45, 2.75) is 19.4 Å². The normalized spacial score (nSPS) is 16.2. The smallest absolute Gasteiger partial charge is 0.225 e. The quantitative estimate of drug-likeness (QED) is 0.670. The minimum absolute atomic E-state index is 0.0485. The molecular weight excluding hydrogens is 366 g/mol. The first kappa shape index (κ1) is 18.9. The molecule has 0 spiro atoms. The lowest BCUT2D eigenvalue weighted by atomic mass is 10.1. The number of carbonyl (C=O) groups is 2. The highest BCUT2D eigenvalue weighted by Gasteiger charge is 2.33. The number of hydrogen-bond donors (Lipinski definition) is 1. The van der Waals surface area contributed by atoms with E-state index in [0.717, 1.165) is 17.8 Å². The van der Waals surface area contributed by atoms with E-state index in [4.69, 9.17) is 0 Å².